The summed E-state index contributed by atoms with van der Waals surface area (Å²) in [7, 11) is 0.477. The van der Waals surface area contributed by atoms with Crippen molar-refractivity contribution in [3.8, 4) is 0 Å². The minimum atomic E-state index is -3.42. The van der Waals surface area contributed by atoms with Crippen LogP contribution in [0.15, 0.2) is 46.0 Å². The third kappa shape index (κ3) is 4.14. The lowest BCUT2D eigenvalue weighted by Gasteiger charge is -2.25. The van der Waals surface area contributed by atoms with Gasteiger partial charge in [0.15, 0.2) is 0 Å². The molecule has 0 bridgehead atoms. The van der Waals surface area contributed by atoms with Gasteiger partial charge in [-0.05, 0) is 38.0 Å². The third-order valence-corrected chi connectivity index (χ3v) is 6.13. The Morgan fingerprint density at radius 2 is 1.86 bits per heavy atom. The lowest BCUT2D eigenvalue weighted by Crippen LogP contribution is -2.34. The molecule has 1 N–H and O–H groups in total. The van der Waals surface area contributed by atoms with Crippen LogP contribution >= 0.6 is 11.3 Å². The lowest BCUT2D eigenvalue weighted by molar-refractivity contribution is 0.299. The van der Waals surface area contributed by atoms with Gasteiger partial charge in [-0.25, -0.2) is 13.1 Å². The van der Waals surface area contributed by atoms with E-state index >= 15 is 0 Å². The van der Waals surface area contributed by atoms with Crippen LogP contribution in [0.4, 0.5) is 0 Å². The van der Waals surface area contributed by atoms with Gasteiger partial charge in [0.05, 0.1) is 0 Å². The van der Waals surface area contributed by atoms with E-state index in [1.54, 1.807) is 17.5 Å². The summed E-state index contributed by atoms with van der Waals surface area (Å²) in [4.78, 5) is 2.02. The van der Waals surface area contributed by atoms with Crippen LogP contribution < -0.4 is 4.72 Å². The molecule has 0 aliphatic carbocycles. The molecule has 0 spiro atoms. The predicted molar refractivity (Wildman–Crippen MR) is 87.1 cm³/mol. The maximum Gasteiger partial charge on any atom is 0.250 e. The van der Waals surface area contributed by atoms with Crippen molar-refractivity contribution in [3.63, 3.8) is 0 Å². The van der Waals surface area contributed by atoms with Crippen molar-refractivity contribution in [3.05, 3.63) is 52.9 Å². The number of hydrogen-bond donors (Lipinski definition) is 1. The minimum absolute atomic E-state index is 0.000312. The van der Waals surface area contributed by atoms with Crippen LogP contribution in [0.1, 0.15) is 17.2 Å². The van der Waals surface area contributed by atoms with Crippen molar-refractivity contribution in [2.75, 3.05) is 20.6 Å². The highest BCUT2D eigenvalue weighted by molar-refractivity contribution is 7.91. The van der Waals surface area contributed by atoms with Gasteiger partial charge in [0.25, 0.3) is 0 Å². The average Bonchev–Trinajstić information content (AvgIpc) is 2.95. The van der Waals surface area contributed by atoms with Gasteiger partial charge >= 0.3 is 0 Å². The van der Waals surface area contributed by atoms with E-state index in [0.717, 1.165) is 5.56 Å². The van der Waals surface area contributed by atoms with Crippen LogP contribution in [-0.4, -0.2) is 34.0 Å². The van der Waals surface area contributed by atoms with Crippen molar-refractivity contribution < 1.29 is 8.42 Å². The number of thiophene rings is 1. The lowest BCUT2D eigenvalue weighted by atomic mass is 10.0. The summed E-state index contributed by atoms with van der Waals surface area (Å²) in [5, 5.41) is 1.76. The molecule has 1 unspecified atom stereocenters. The molecule has 1 aromatic carbocycles. The van der Waals surface area contributed by atoms with E-state index < -0.39 is 10.0 Å². The number of rotatable bonds is 6. The molecular weight excluding hydrogens is 304 g/mol. The number of likely N-dealkylation sites (N-methyl/N-ethyl adjacent to an activating group) is 1. The fourth-order valence-corrected chi connectivity index (χ4v) is 4.14. The molecule has 0 aliphatic rings. The molecule has 1 aromatic heterocycles. The summed E-state index contributed by atoms with van der Waals surface area (Å²) in [5.41, 5.74) is 2.29. The normalized spacial score (nSPS) is 13.5. The summed E-state index contributed by atoms with van der Waals surface area (Å²) in [5.74, 6) is 0. The van der Waals surface area contributed by atoms with E-state index in [1.165, 1.54) is 16.9 Å². The highest BCUT2D eigenvalue weighted by atomic mass is 32.2. The van der Waals surface area contributed by atoms with Crippen LogP contribution in [0.5, 0.6) is 0 Å². The first-order valence-electron chi connectivity index (χ1n) is 6.66. The number of nitrogens with zero attached hydrogens (tertiary/aromatic N) is 1. The zero-order chi connectivity index (χ0) is 15.5. The first-order chi connectivity index (χ1) is 9.90. The Morgan fingerprint density at radius 3 is 2.38 bits per heavy atom. The highest BCUT2D eigenvalue weighted by Crippen LogP contribution is 2.20. The van der Waals surface area contributed by atoms with E-state index in [4.69, 9.17) is 0 Å². The number of benzene rings is 1. The number of aryl methyl sites for hydroxylation is 1. The molecule has 0 aliphatic heterocycles. The van der Waals surface area contributed by atoms with Gasteiger partial charge in [-0.15, -0.1) is 11.3 Å². The topological polar surface area (TPSA) is 49.4 Å². The number of sulfonamides is 1. The van der Waals surface area contributed by atoms with Gasteiger partial charge in [0.1, 0.15) is 4.21 Å². The summed E-state index contributed by atoms with van der Waals surface area (Å²) < 4.78 is 27.4. The zero-order valence-electron chi connectivity index (χ0n) is 12.4. The van der Waals surface area contributed by atoms with Crippen molar-refractivity contribution in [2.24, 2.45) is 0 Å². The monoisotopic (exact) mass is 324 g/mol. The van der Waals surface area contributed by atoms with E-state index in [2.05, 4.69) is 4.72 Å². The Hall–Kier alpha value is -1.21. The van der Waals surface area contributed by atoms with Crippen molar-refractivity contribution in [1.29, 1.82) is 0 Å². The van der Waals surface area contributed by atoms with E-state index in [0.29, 0.717) is 10.8 Å². The van der Waals surface area contributed by atoms with Crippen molar-refractivity contribution >= 4 is 21.4 Å². The molecule has 2 aromatic rings. The molecule has 0 radical (unpaired) electrons. The smallest absolute Gasteiger partial charge is 0.250 e. The van der Waals surface area contributed by atoms with E-state index in [-0.39, 0.29) is 6.04 Å². The molecule has 6 heteroatoms. The molecule has 1 heterocycles. The SMILES string of the molecule is Cc1ccc(C(CNS(=O)(=O)c2cccs2)N(C)C)cc1. The van der Waals surface area contributed by atoms with Crippen LogP contribution in [0.25, 0.3) is 0 Å². The molecule has 2 rings (SSSR count). The third-order valence-electron chi connectivity index (χ3n) is 3.31. The highest BCUT2D eigenvalue weighted by Gasteiger charge is 2.20. The molecule has 0 saturated heterocycles. The second kappa shape index (κ2) is 6.70. The molecule has 0 amide bonds. The summed E-state index contributed by atoms with van der Waals surface area (Å²) in [6, 6.07) is 11.5. The van der Waals surface area contributed by atoms with Gasteiger partial charge in [0.2, 0.25) is 10.0 Å². The maximum absolute atomic E-state index is 12.2. The van der Waals surface area contributed by atoms with Crippen LogP contribution in [0, 0.1) is 6.92 Å². The quantitative estimate of drug-likeness (QED) is 0.889. The molecule has 114 valence electrons. The van der Waals surface area contributed by atoms with E-state index in [9.17, 15) is 8.42 Å². The van der Waals surface area contributed by atoms with Gasteiger partial charge in [0, 0.05) is 12.6 Å². The predicted octanol–water partition coefficient (Wildman–Crippen LogP) is 2.64. The second-order valence-corrected chi connectivity index (χ2v) is 8.12. The minimum Gasteiger partial charge on any atom is -0.301 e. The summed E-state index contributed by atoms with van der Waals surface area (Å²) >= 11 is 1.22. The first-order valence-corrected chi connectivity index (χ1v) is 9.02. The molecule has 4 nitrogen and oxygen atoms in total. The Morgan fingerprint density at radius 1 is 1.19 bits per heavy atom. The number of nitrogens with one attached hydrogen (secondary N) is 1. The Labute approximate surface area is 130 Å². The molecule has 0 saturated carbocycles. The fraction of sp³-hybridized carbons (Fsp3) is 0.333. The maximum atomic E-state index is 12.2. The second-order valence-electron chi connectivity index (χ2n) is 5.17. The average molecular weight is 324 g/mol. The van der Waals surface area contributed by atoms with Crippen molar-refractivity contribution in [1.82, 2.24) is 9.62 Å². The zero-order valence-corrected chi connectivity index (χ0v) is 14.0. The standard InChI is InChI=1S/C15H20N2O2S2/c1-12-6-8-13(9-7-12)14(17(2)3)11-16-21(18,19)15-5-4-10-20-15/h4-10,14,16H,11H2,1-3H3. The van der Waals surface area contributed by atoms with Gasteiger partial charge in [-0.1, -0.05) is 35.9 Å². The Balaban J connectivity index is 2.13. The van der Waals surface area contributed by atoms with Gasteiger partial charge in [-0.2, -0.15) is 0 Å². The van der Waals surface area contributed by atoms with Crippen molar-refractivity contribution in [2.45, 2.75) is 17.2 Å². The Bertz CT molecular complexity index is 662. The molecule has 0 fully saturated rings. The Kier molecular flexibility index (Phi) is 5.16. The first kappa shape index (κ1) is 16.2. The van der Waals surface area contributed by atoms with Gasteiger partial charge in [-0.3, -0.25) is 0 Å². The van der Waals surface area contributed by atoms with Crippen LogP contribution in [-0.2, 0) is 10.0 Å². The van der Waals surface area contributed by atoms with E-state index in [1.807, 2.05) is 50.2 Å². The fourth-order valence-electron chi connectivity index (χ4n) is 2.06. The van der Waals surface area contributed by atoms with Crippen LogP contribution in [0.3, 0.4) is 0 Å². The molecule has 1 atom stereocenters. The summed E-state index contributed by atoms with van der Waals surface area (Å²) in [6.45, 7) is 2.38. The molecular formula is C15H20N2O2S2. The van der Waals surface area contributed by atoms with Gasteiger partial charge < -0.3 is 4.90 Å². The number of hydrogen-bond acceptors (Lipinski definition) is 4. The largest absolute Gasteiger partial charge is 0.301 e. The summed E-state index contributed by atoms with van der Waals surface area (Å²) in [6.07, 6.45) is 0. The van der Waals surface area contributed by atoms with Crippen LogP contribution in [0.2, 0.25) is 0 Å². The molecule has 21 heavy (non-hydrogen) atoms.